The predicted molar refractivity (Wildman–Crippen MR) is 189 cm³/mol. The Labute approximate surface area is 298 Å². The standard InChI is InChI=1S/C36H36BrClF3N3O4S/c1-24(2)21-42-35(46)33(19-26-7-5-4-6-8-26)43(22-27-11-13-28(37)14-12-27)34(45)23-44(49(47,48)30-16-9-25(3)10-17-30)29-15-18-32(38)31(20-29)36(39,40)41/h4-18,20,24,33H,19,21-23H2,1-3H3,(H,42,46)/t33-/m0/s1. The normalized spacial score (nSPS) is 12.4. The van der Waals surface area contributed by atoms with Crippen molar-refractivity contribution < 1.29 is 31.2 Å². The lowest BCUT2D eigenvalue weighted by Gasteiger charge is -2.34. The molecule has 4 rings (SSSR count). The van der Waals surface area contributed by atoms with Crippen LogP contribution < -0.4 is 9.62 Å². The number of hydrogen-bond acceptors (Lipinski definition) is 4. The van der Waals surface area contributed by atoms with Crippen LogP contribution in [0.2, 0.25) is 5.02 Å². The van der Waals surface area contributed by atoms with E-state index in [0.717, 1.165) is 27.7 Å². The van der Waals surface area contributed by atoms with Crippen molar-refractivity contribution in [2.24, 2.45) is 5.92 Å². The molecule has 0 heterocycles. The average molecular weight is 779 g/mol. The molecule has 0 saturated heterocycles. The zero-order valence-electron chi connectivity index (χ0n) is 27.0. The highest BCUT2D eigenvalue weighted by Gasteiger charge is 2.37. The number of anilines is 1. The number of nitrogens with one attached hydrogen (secondary N) is 1. The first-order valence-corrected chi connectivity index (χ1v) is 18.0. The number of sulfonamides is 1. The fraction of sp³-hybridized carbons (Fsp3) is 0.278. The third-order valence-corrected chi connectivity index (χ3v) is 10.3. The van der Waals surface area contributed by atoms with Gasteiger partial charge in [-0.2, -0.15) is 13.2 Å². The van der Waals surface area contributed by atoms with Crippen LogP contribution >= 0.6 is 27.5 Å². The van der Waals surface area contributed by atoms with Gasteiger partial charge in [0.1, 0.15) is 12.6 Å². The van der Waals surface area contributed by atoms with Gasteiger partial charge in [0.25, 0.3) is 10.0 Å². The zero-order valence-corrected chi connectivity index (χ0v) is 30.2. The summed E-state index contributed by atoms with van der Waals surface area (Å²) in [6.45, 7) is 4.92. The summed E-state index contributed by atoms with van der Waals surface area (Å²) in [4.78, 5) is 29.4. The summed E-state index contributed by atoms with van der Waals surface area (Å²) in [6, 6.07) is 23.4. The predicted octanol–water partition coefficient (Wildman–Crippen LogP) is 8.04. The summed E-state index contributed by atoms with van der Waals surface area (Å²) in [5.41, 5.74) is 0.467. The number of halogens is 5. The lowest BCUT2D eigenvalue weighted by Crippen LogP contribution is -2.53. The van der Waals surface area contributed by atoms with E-state index in [0.29, 0.717) is 22.5 Å². The van der Waals surface area contributed by atoms with Gasteiger partial charge in [0.15, 0.2) is 0 Å². The molecule has 7 nitrogen and oxygen atoms in total. The lowest BCUT2D eigenvalue weighted by molar-refractivity contribution is -0.140. The summed E-state index contributed by atoms with van der Waals surface area (Å²) in [5.74, 6) is -1.16. The third kappa shape index (κ3) is 10.1. The molecule has 0 unspecified atom stereocenters. The maximum Gasteiger partial charge on any atom is 0.417 e. The molecule has 260 valence electrons. The van der Waals surface area contributed by atoms with Crippen molar-refractivity contribution in [3.05, 3.63) is 129 Å². The molecule has 2 amide bonds. The second-order valence-corrected chi connectivity index (χ2v) is 15.2. The number of rotatable bonds is 13. The Morgan fingerprint density at radius 1 is 0.898 bits per heavy atom. The number of aryl methyl sites for hydroxylation is 1. The molecule has 0 spiro atoms. The van der Waals surface area contributed by atoms with Crippen molar-refractivity contribution in [1.29, 1.82) is 0 Å². The molecule has 4 aromatic rings. The first kappa shape index (κ1) is 37.9. The lowest BCUT2D eigenvalue weighted by atomic mass is 10.0. The first-order valence-electron chi connectivity index (χ1n) is 15.4. The third-order valence-electron chi connectivity index (χ3n) is 7.65. The molecule has 49 heavy (non-hydrogen) atoms. The van der Waals surface area contributed by atoms with E-state index in [1.165, 1.54) is 17.0 Å². The minimum absolute atomic E-state index is 0.0917. The summed E-state index contributed by atoms with van der Waals surface area (Å²) in [6.07, 6.45) is -4.81. The molecular weight excluding hydrogens is 743 g/mol. The average Bonchev–Trinajstić information content (AvgIpc) is 3.05. The molecule has 1 N–H and O–H groups in total. The van der Waals surface area contributed by atoms with Crippen LogP contribution in [-0.2, 0) is 38.8 Å². The van der Waals surface area contributed by atoms with Crippen molar-refractivity contribution in [1.82, 2.24) is 10.2 Å². The summed E-state index contributed by atoms with van der Waals surface area (Å²) in [5, 5.41) is 2.27. The Morgan fingerprint density at radius 3 is 2.12 bits per heavy atom. The Bertz CT molecular complexity index is 1860. The van der Waals surface area contributed by atoms with Crippen LogP contribution in [0, 0.1) is 12.8 Å². The van der Waals surface area contributed by atoms with Gasteiger partial charge in [0, 0.05) is 24.0 Å². The molecule has 0 aliphatic carbocycles. The summed E-state index contributed by atoms with van der Waals surface area (Å²) < 4.78 is 71.7. The highest BCUT2D eigenvalue weighted by Crippen LogP contribution is 2.38. The fourth-order valence-corrected chi connectivity index (χ4v) is 6.91. The molecule has 0 fully saturated rings. The number of carbonyl (C=O) groups is 2. The van der Waals surface area contributed by atoms with Gasteiger partial charge in [-0.05, 0) is 66.4 Å². The highest BCUT2D eigenvalue weighted by molar-refractivity contribution is 9.10. The van der Waals surface area contributed by atoms with Crippen molar-refractivity contribution in [3.8, 4) is 0 Å². The van der Waals surface area contributed by atoms with Gasteiger partial charge in [0.2, 0.25) is 11.8 Å². The van der Waals surface area contributed by atoms with E-state index in [2.05, 4.69) is 21.2 Å². The van der Waals surface area contributed by atoms with E-state index >= 15 is 0 Å². The number of alkyl halides is 3. The molecule has 13 heteroatoms. The molecule has 0 aliphatic rings. The van der Waals surface area contributed by atoms with Gasteiger partial charge < -0.3 is 10.2 Å². The smallest absolute Gasteiger partial charge is 0.354 e. The van der Waals surface area contributed by atoms with Crippen molar-refractivity contribution >= 4 is 55.1 Å². The molecule has 0 aliphatic heterocycles. The van der Waals surface area contributed by atoms with Crippen LogP contribution in [-0.4, -0.2) is 44.3 Å². The molecule has 0 saturated carbocycles. The monoisotopic (exact) mass is 777 g/mol. The molecule has 0 radical (unpaired) electrons. The topological polar surface area (TPSA) is 86.8 Å². The Morgan fingerprint density at radius 2 is 1.53 bits per heavy atom. The van der Waals surface area contributed by atoms with Gasteiger partial charge in [-0.1, -0.05) is 102 Å². The Kier molecular flexibility index (Phi) is 12.6. The number of carbonyl (C=O) groups excluding carboxylic acids is 2. The second-order valence-electron chi connectivity index (χ2n) is 12.0. The molecular formula is C36H36BrClF3N3O4S. The zero-order chi connectivity index (χ0) is 35.9. The Hall–Kier alpha value is -3.87. The fourth-order valence-electron chi connectivity index (χ4n) is 5.01. The molecule has 4 aromatic carbocycles. The van der Waals surface area contributed by atoms with Gasteiger partial charge in [-0.15, -0.1) is 0 Å². The highest BCUT2D eigenvalue weighted by atomic mass is 79.9. The van der Waals surface area contributed by atoms with Crippen molar-refractivity contribution in [3.63, 3.8) is 0 Å². The van der Waals surface area contributed by atoms with Gasteiger partial charge in [-0.3, -0.25) is 13.9 Å². The van der Waals surface area contributed by atoms with E-state index in [9.17, 15) is 31.2 Å². The number of amides is 2. The van der Waals surface area contributed by atoms with Crippen LogP contribution in [0.15, 0.2) is 106 Å². The summed E-state index contributed by atoms with van der Waals surface area (Å²) >= 11 is 9.28. The van der Waals surface area contributed by atoms with E-state index in [4.69, 9.17) is 11.6 Å². The minimum Gasteiger partial charge on any atom is -0.354 e. The Balaban J connectivity index is 1.86. The van der Waals surface area contributed by atoms with Gasteiger partial charge >= 0.3 is 6.18 Å². The number of nitrogens with zero attached hydrogens (tertiary/aromatic N) is 2. The summed E-state index contributed by atoms with van der Waals surface area (Å²) in [7, 11) is -4.61. The molecule has 0 bridgehead atoms. The first-order chi connectivity index (χ1) is 23.1. The maximum atomic E-state index is 14.5. The largest absolute Gasteiger partial charge is 0.417 e. The van der Waals surface area contributed by atoms with E-state index < -0.39 is 56.9 Å². The second kappa shape index (κ2) is 16.2. The van der Waals surface area contributed by atoms with Crippen molar-refractivity contribution in [2.75, 3.05) is 17.4 Å². The van der Waals surface area contributed by atoms with Gasteiger partial charge in [-0.25, -0.2) is 8.42 Å². The van der Waals surface area contributed by atoms with Gasteiger partial charge in [0.05, 0.1) is 21.2 Å². The van der Waals surface area contributed by atoms with E-state index in [-0.39, 0.29) is 23.8 Å². The van der Waals surface area contributed by atoms with Crippen LogP contribution in [0.4, 0.5) is 18.9 Å². The van der Waals surface area contributed by atoms with Crippen LogP contribution in [0.5, 0.6) is 0 Å². The molecule has 1 atom stereocenters. The quantitative estimate of drug-likeness (QED) is 0.149. The number of hydrogen-bond donors (Lipinski definition) is 1. The molecule has 0 aromatic heterocycles. The van der Waals surface area contributed by atoms with Crippen LogP contribution in [0.25, 0.3) is 0 Å². The van der Waals surface area contributed by atoms with E-state index in [1.807, 2.05) is 32.0 Å². The maximum absolute atomic E-state index is 14.5. The minimum atomic E-state index is -4.90. The number of benzene rings is 4. The van der Waals surface area contributed by atoms with E-state index in [1.54, 1.807) is 55.5 Å². The van der Waals surface area contributed by atoms with Crippen LogP contribution in [0.3, 0.4) is 0 Å². The van der Waals surface area contributed by atoms with Crippen molar-refractivity contribution in [2.45, 2.75) is 50.9 Å². The van der Waals surface area contributed by atoms with Crippen LogP contribution in [0.1, 0.15) is 36.1 Å². The SMILES string of the molecule is Cc1ccc(S(=O)(=O)N(CC(=O)N(Cc2ccc(Br)cc2)[C@@H](Cc2ccccc2)C(=O)NCC(C)C)c2ccc(Cl)c(C(F)(F)F)c2)cc1.